The van der Waals surface area contributed by atoms with Crippen molar-refractivity contribution < 1.29 is 19.1 Å². The molecule has 0 fully saturated rings. The number of carbonyl (C=O) groups excluding carboxylic acids is 1. The van der Waals surface area contributed by atoms with Gasteiger partial charge in [0.05, 0.1) is 5.69 Å². The predicted molar refractivity (Wildman–Crippen MR) is 93.5 cm³/mol. The quantitative estimate of drug-likeness (QED) is 0.570. The molecule has 1 unspecified atom stereocenters. The summed E-state index contributed by atoms with van der Waals surface area (Å²) >= 11 is 6.19. The highest BCUT2D eigenvalue weighted by Crippen LogP contribution is 2.43. The van der Waals surface area contributed by atoms with Crippen molar-refractivity contribution in [2.45, 2.75) is 12.3 Å². The largest absolute Gasteiger partial charge is 0.483 e. The second-order valence-electron chi connectivity index (χ2n) is 5.50. The van der Waals surface area contributed by atoms with E-state index in [1.807, 2.05) is 24.3 Å². The van der Waals surface area contributed by atoms with Crippen molar-refractivity contribution >= 4 is 40.6 Å². The van der Waals surface area contributed by atoms with Gasteiger partial charge in [-0.1, -0.05) is 35.9 Å². The van der Waals surface area contributed by atoms with Gasteiger partial charge in [-0.3, -0.25) is 9.59 Å². The highest BCUT2D eigenvalue weighted by molar-refractivity contribution is 6.31. The van der Waals surface area contributed by atoms with Crippen molar-refractivity contribution in [3.63, 3.8) is 0 Å². The third-order valence-electron chi connectivity index (χ3n) is 4.09. The van der Waals surface area contributed by atoms with Gasteiger partial charge in [-0.15, -0.1) is 0 Å². The third-order valence-corrected chi connectivity index (χ3v) is 4.42. The Hall–Kier alpha value is -2.86. The molecule has 0 saturated heterocycles. The Labute approximate surface area is 147 Å². The highest BCUT2D eigenvalue weighted by Gasteiger charge is 2.32. The Balaban J connectivity index is 0.000000569. The van der Waals surface area contributed by atoms with Crippen LogP contribution in [0.25, 0.3) is 10.9 Å². The monoisotopic (exact) mass is 360 g/mol. The number of fused-ring (bicyclic) bond motifs is 3. The summed E-state index contributed by atoms with van der Waals surface area (Å²) in [5, 5.41) is 11.0. The fourth-order valence-electron chi connectivity index (χ4n) is 3.13. The lowest BCUT2D eigenvalue weighted by atomic mass is 9.88. The number of carboxylic acid groups (broad SMARTS) is 1. The molecule has 1 amide bonds. The van der Waals surface area contributed by atoms with E-state index in [0.717, 1.165) is 22.3 Å². The first-order valence-corrected chi connectivity index (χ1v) is 7.86. The lowest BCUT2D eigenvalue weighted by Gasteiger charge is -2.24. The molecule has 0 aliphatic carbocycles. The molecule has 2 aromatic carbocycles. The van der Waals surface area contributed by atoms with Gasteiger partial charge in [0.1, 0.15) is 5.82 Å². The van der Waals surface area contributed by atoms with Crippen LogP contribution in [-0.2, 0) is 9.59 Å². The van der Waals surface area contributed by atoms with Gasteiger partial charge in [-0.2, -0.15) is 0 Å². The number of aromatic amines is 1. The number of rotatable bonds is 1. The van der Waals surface area contributed by atoms with Crippen LogP contribution in [-0.4, -0.2) is 22.5 Å². The first-order chi connectivity index (χ1) is 12.1. The van der Waals surface area contributed by atoms with Crippen LogP contribution in [0.3, 0.4) is 0 Å². The Morgan fingerprint density at radius 2 is 1.92 bits per heavy atom. The molecule has 3 N–H and O–H groups in total. The van der Waals surface area contributed by atoms with Crippen molar-refractivity contribution in [2.75, 3.05) is 5.32 Å². The van der Waals surface area contributed by atoms with E-state index in [-0.39, 0.29) is 18.8 Å². The molecule has 128 valence electrons. The Bertz CT molecular complexity index is 934. The number of para-hydroxylation sites is 1. The molecule has 1 aliphatic rings. The smallest absolute Gasteiger partial charge is 0.290 e. The molecule has 5 nitrogen and oxygen atoms in total. The van der Waals surface area contributed by atoms with Crippen molar-refractivity contribution in [3.8, 4) is 0 Å². The van der Waals surface area contributed by atoms with Crippen LogP contribution in [0.15, 0.2) is 42.5 Å². The summed E-state index contributed by atoms with van der Waals surface area (Å²) in [4.78, 5) is 23.7. The molecule has 1 aromatic heterocycles. The summed E-state index contributed by atoms with van der Waals surface area (Å²) in [6.07, 6.45) is 0.167. The maximum Gasteiger partial charge on any atom is 0.290 e. The number of amides is 1. The average Bonchev–Trinajstić information content (AvgIpc) is 2.94. The molecule has 0 bridgehead atoms. The second-order valence-corrected chi connectivity index (χ2v) is 5.91. The molecule has 4 rings (SSSR count). The first-order valence-electron chi connectivity index (χ1n) is 7.49. The van der Waals surface area contributed by atoms with E-state index < -0.39 is 11.7 Å². The van der Waals surface area contributed by atoms with Crippen LogP contribution in [0.1, 0.15) is 23.6 Å². The maximum atomic E-state index is 14.3. The van der Waals surface area contributed by atoms with Crippen molar-refractivity contribution in [2.24, 2.45) is 0 Å². The van der Waals surface area contributed by atoms with E-state index in [9.17, 15) is 9.18 Å². The van der Waals surface area contributed by atoms with E-state index in [2.05, 4.69) is 10.3 Å². The molecule has 0 spiro atoms. The zero-order valence-corrected chi connectivity index (χ0v) is 13.7. The maximum absolute atomic E-state index is 14.3. The normalized spacial score (nSPS) is 15.8. The summed E-state index contributed by atoms with van der Waals surface area (Å²) in [6.45, 7) is -0.250. The van der Waals surface area contributed by atoms with E-state index >= 15 is 0 Å². The topological polar surface area (TPSA) is 82.2 Å². The molecule has 0 saturated carbocycles. The molecule has 1 atom stereocenters. The van der Waals surface area contributed by atoms with Gasteiger partial charge in [0.15, 0.2) is 0 Å². The van der Waals surface area contributed by atoms with E-state index in [0.29, 0.717) is 10.6 Å². The molecule has 1 aliphatic heterocycles. The van der Waals surface area contributed by atoms with Gasteiger partial charge < -0.3 is 15.4 Å². The summed E-state index contributed by atoms with van der Waals surface area (Å²) in [7, 11) is 0. The molecule has 3 aromatic rings. The van der Waals surface area contributed by atoms with Gasteiger partial charge >= 0.3 is 0 Å². The molecule has 0 radical (unpaired) electrons. The Morgan fingerprint density at radius 3 is 2.64 bits per heavy atom. The molecular weight excluding hydrogens is 347 g/mol. The Kier molecular flexibility index (Phi) is 4.72. The van der Waals surface area contributed by atoms with Crippen molar-refractivity contribution in [1.29, 1.82) is 0 Å². The van der Waals surface area contributed by atoms with Crippen molar-refractivity contribution in [3.05, 3.63) is 64.6 Å². The van der Waals surface area contributed by atoms with Gasteiger partial charge in [-0.25, -0.2) is 4.39 Å². The number of nitrogens with one attached hydrogen (secondary N) is 2. The van der Waals surface area contributed by atoms with Crippen LogP contribution in [0, 0.1) is 5.82 Å². The van der Waals surface area contributed by atoms with E-state index in [1.54, 1.807) is 12.1 Å². The molecule has 2 heterocycles. The van der Waals surface area contributed by atoms with Gasteiger partial charge in [0.2, 0.25) is 5.91 Å². The molecule has 25 heavy (non-hydrogen) atoms. The van der Waals surface area contributed by atoms with Gasteiger partial charge in [-0.05, 0) is 18.2 Å². The number of anilines is 1. The van der Waals surface area contributed by atoms with Gasteiger partial charge in [0, 0.05) is 39.5 Å². The predicted octanol–water partition coefficient (Wildman–Crippen LogP) is 4.14. The minimum Gasteiger partial charge on any atom is -0.483 e. The van der Waals surface area contributed by atoms with Crippen LogP contribution < -0.4 is 5.32 Å². The third kappa shape index (κ3) is 3.08. The summed E-state index contributed by atoms with van der Waals surface area (Å²) in [5.74, 6) is -0.941. The van der Waals surface area contributed by atoms with Crippen LogP contribution in [0.2, 0.25) is 5.02 Å². The summed E-state index contributed by atoms with van der Waals surface area (Å²) in [5.41, 5.74) is 2.79. The minimum atomic E-state index is -0.412. The number of benzene rings is 2. The van der Waals surface area contributed by atoms with E-state index in [1.165, 1.54) is 6.07 Å². The van der Waals surface area contributed by atoms with E-state index in [4.69, 9.17) is 21.5 Å². The molecular formula is C18H14ClFN2O3. The number of carbonyl (C=O) groups is 2. The highest BCUT2D eigenvalue weighted by atomic mass is 35.5. The van der Waals surface area contributed by atoms with Crippen LogP contribution in [0.4, 0.5) is 10.1 Å². The lowest BCUT2D eigenvalue weighted by molar-refractivity contribution is -0.123. The fraction of sp³-hybridized carbons (Fsp3) is 0.111. The average molecular weight is 361 g/mol. The number of halogens is 2. The SMILES string of the molecule is O=C1CC(c2c(F)cccc2Cl)c2[nH]c3ccccc3c2N1.O=CO. The van der Waals surface area contributed by atoms with Crippen LogP contribution >= 0.6 is 11.6 Å². The zero-order valence-electron chi connectivity index (χ0n) is 12.9. The standard InChI is InChI=1S/C17H12ClFN2O.CH2O2/c18-11-5-3-6-12(19)15(11)10-8-14(22)21-16-9-4-1-2-7-13(9)20-17(10)16;2-1-3/h1-7,10,20H,8H2,(H,21,22);1H,(H,2,3). The van der Waals surface area contributed by atoms with Crippen LogP contribution in [0.5, 0.6) is 0 Å². The second kappa shape index (κ2) is 6.94. The number of H-pyrrole nitrogens is 1. The fourth-order valence-corrected chi connectivity index (χ4v) is 3.42. The summed E-state index contributed by atoms with van der Waals surface area (Å²) < 4.78 is 14.3. The molecule has 7 heteroatoms. The zero-order chi connectivity index (χ0) is 18.0. The number of aromatic nitrogens is 1. The minimum absolute atomic E-state index is 0.137. The lowest BCUT2D eigenvalue weighted by Crippen LogP contribution is -2.23. The Morgan fingerprint density at radius 1 is 1.20 bits per heavy atom. The van der Waals surface area contributed by atoms with Gasteiger partial charge in [0.25, 0.3) is 6.47 Å². The number of hydrogen-bond donors (Lipinski definition) is 3. The number of hydrogen-bond acceptors (Lipinski definition) is 2. The van der Waals surface area contributed by atoms with Crippen molar-refractivity contribution in [1.82, 2.24) is 4.98 Å². The first kappa shape index (κ1) is 17.0. The summed E-state index contributed by atoms with van der Waals surface area (Å²) in [6, 6.07) is 12.3.